The molecule has 1 heterocycles. The third-order valence-electron chi connectivity index (χ3n) is 3.63. The lowest BCUT2D eigenvalue weighted by molar-refractivity contribution is -0.115. The molecule has 1 aliphatic rings. The van der Waals surface area contributed by atoms with Crippen LogP contribution in [0.25, 0.3) is 0 Å². The first-order valence-electron chi connectivity index (χ1n) is 8.12. The molecular formula is C17H27ClN2O4. The minimum absolute atomic E-state index is 0. The molecule has 0 radical (unpaired) electrons. The predicted molar refractivity (Wildman–Crippen MR) is 96.2 cm³/mol. The third kappa shape index (κ3) is 7.49. The quantitative estimate of drug-likeness (QED) is 0.662. The second-order valence-corrected chi connectivity index (χ2v) is 5.51. The van der Waals surface area contributed by atoms with Gasteiger partial charge in [0.05, 0.1) is 24.9 Å². The van der Waals surface area contributed by atoms with E-state index in [9.17, 15) is 4.79 Å². The predicted octanol–water partition coefficient (Wildman–Crippen LogP) is 2.23. The highest BCUT2D eigenvalue weighted by Gasteiger charge is 2.15. The Hall–Kier alpha value is -1.34. The Bertz CT molecular complexity index is 481. The van der Waals surface area contributed by atoms with Crippen LogP contribution >= 0.6 is 12.4 Å². The molecule has 0 aliphatic carbocycles. The summed E-state index contributed by atoms with van der Waals surface area (Å²) in [4.78, 5) is 11.9. The van der Waals surface area contributed by atoms with Crippen LogP contribution in [0.2, 0.25) is 0 Å². The molecule has 24 heavy (non-hydrogen) atoms. The maximum atomic E-state index is 11.9. The minimum atomic E-state index is -0.105. The van der Waals surface area contributed by atoms with E-state index in [1.807, 2.05) is 24.3 Å². The molecule has 6 nitrogen and oxygen atoms in total. The fraction of sp³-hybridized carbons (Fsp3) is 0.588. The van der Waals surface area contributed by atoms with Gasteiger partial charge in [0, 0.05) is 20.3 Å². The number of methoxy groups -OCH3 is 1. The molecule has 0 saturated carbocycles. The molecule has 0 aromatic heterocycles. The Morgan fingerprint density at radius 1 is 1.33 bits per heavy atom. The van der Waals surface area contributed by atoms with Gasteiger partial charge >= 0.3 is 0 Å². The smallest absolute Gasteiger partial charge is 0.238 e. The van der Waals surface area contributed by atoms with Crippen molar-refractivity contribution in [2.45, 2.75) is 25.4 Å². The molecule has 1 atom stereocenters. The zero-order valence-electron chi connectivity index (χ0n) is 14.1. The first-order valence-corrected chi connectivity index (χ1v) is 8.12. The van der Waals surface area contributed by atoms with E-state index in [2.05, 4.69) is 10.6 Å². The van der Waals surface area contributed by atoms with Crippen LogP contribution in [0, 0.1) is 0 Å². The highest BCUT2D eigenvalue weighted by atomic mass is 35.5. The summed E-state index contributed by atoms with van der Waals surface area (Å²) in [5.74, 6) is 0.568. The minimum Gasteiger partial charge on any atom is -0.489 e. The normalized spacial score (nSPS) is 17.0. The maximum absolute atomic E-state index is 11.9. The van der Waals surface area contributed by atoms with Crippen molar-refractivity contribution in [1.82, 2.24) is 5.32 Å². The van der Waals surface area contributed by atoms with E-state index in [4.69, 9.17) is 14.2 Å². The molecule has 136 valence electrons. The van der Waals surface area contributed by atoms with Crippen molar-refractivity contribution in [3.63, 3.8) is 0 Å². The van der Waals surface area contributed by atoms with Crippen LogP contribution in [0.3, 0.4) is 0 Å². The largest absolute Gasteiger partial charge is 0.489 e. The Kier molecular flexibility index (Phi) is 10.4. The van der Waals surface area contributed by atoms with E-state index in [1.165, 1.54) is 6.42 Å². The Morgan fingerprint density at radius 2 is 2.17 bits per heavy atom. The second-order valence-electron chi connectivity index (χ2n) is 5.51. The fourth-order valence-corrected chi connectivity index (χ4v) is 2.39. The van der Waals surface area contributed by atoms with Crippen molar-refractivity contribution in [3.05, 3.63) is 24.3 Å². The van der Waals surface area contributed by atoms with E-state index in [-0.39, 0.29) is 31.0 Å². The first kappa shape index (κ1) is 20.7. The van der Waals surface area contributed by atoms with E-state index in [0.29, 0.717) is 31.2 Å². The number of rotatable bonds is 9. The zero-order chi connectivity index (χ0) is 16.3. The SMILES string of the molecule is COCCNCC(=O)Nc1ccccc1OCC1CCCCO1.Cl. The number of carbonyl (C=O) groups is 1. The van der Waals surface area contributed by atoms with Gasteiger partial charge in [-0.05, 0) is 31.4 Å². The van der Waals surface area contributed by atoms with Gasteiger partial charge in [-0.3, -0.25) is 4.79 Å². The van der Waals surface area contributed by atoms with Gasteiger partial charge in [0.1, 0.15) is 12.4 Å². The van der Waals surface area contributed by atoms with Gasteiger partial charge in [0.2, 0.25) is 5.91 Å². The number of anilines is 1. The molecule has 0 spiro atoms. The number of para-hydroxylation sites is 2. The van der Waals surface area contributed by atoms with Gasteiger partial charge in [-0.15, -0.1) is 12.4 Å². The van der Waals surface area contributed by atoms with Crippen molar-refractivity contribution < 1.29 is 19.0 Å². The standard InChI is InChI=1S/C17H26N2O4.ClH/c1-21-11-9-18-12-17(20)19-15-7-2-3-8-16(15)23-13-14-6-4-5-10-22-14;/h2-3,7-8,14,18H,4-6,9-13H2,1H3,(H,19,20);1H. The van der Waals surface area contributed by atoms with Gasteiger partial charge in [0.25, 0.3) is 0 Å². The van der Waals surface area contributed by atoms with Crippen LogP contribution in [-0.2, 0) is 14.3 Å². The van der Waals surface area contributed by atoms with Crippen LogP contribution in [0.1, 0.15) is 19.3 Å². The number of hydrogen-bond acceptors (Lipinski definition) is 5. The van der Waals surface area contributed by atoms with Gasteiger partial charge in [0.15, 0.2) is 0 Å². The summed E-state index contributed by atoms with van der Waals surface area (Å²) in [6, 6.07) is 7.46. The fourth-order valence-electron chi connectivity index (χ4n) is 2.39. The molecule has 1 fully saturated rings. The number of ether oxygens (including phenoxy) is 3. The Morgan fingerprint density at radius 3 is 2.92 bits per heavy atom. The summed E-state index contributed by atoms with van der Waals surface area (Å²) in [6.45, 7) is 2.78. The van der Waals surface area contributed by atoms with Crippen LogP contribution in [0.15, 0.2) is 24.3 Å². The molecule has 7 heteroatoms. The Balaban J connectivity index is 0.00000288. The van der Waals surface area contributed by atoms with Crippen LogP contribution in [0.4, 0.5) is 5.69 Å². The average molecular weight is 359 g/mol. The van der Waals surface area contributed by atoms with E-state index < -0.39 is 0 Å². The number of benzene rings is 1. The van der Waals surface area contributed by atoms with E-state index in [1.54, 1.807) is 7.11 Å². The zero-order valence-corrected chi connectivity index (χ0v) is 14.9. The van der Waals surface area contributed by atoms with Crippen LogP contribution in [0.5, 0.6) is 5.75 Å². The van der Waals surface area contributed by atoms with Gasteiger partial charge in [-0.1, -0.05) is 12.1 Å². The first-order chi connectivity index (χ1) is 11.3. The number of halogens is 1. The lowest BCUT2D eigenvalue weighted by Gasteiger charge is -2.23. The van der Waals surface area contributed by atoms with Crippen molar-refractivity contribution >= 4 is 24.0 Å². The number of hydrogen-bond donors (Lipinski definition) is 2. The highest BCUT2D eigenvalue weighted by molar-refractivity contribution is 5.93. The van der Waals surface area contributed by atoms with E-state index >= 15 is 0 Å². The second kappa shape index (κ2) is 12.1. The summed E-state index contributed by atoms with van der Waals surface area (Å²) in [5.41, 5.74) is 0.682. The van der Waals surface area contributed by atoms with Crippen molar-refractivity contribution in [2.24, 2.45) is 0 Å². The maximum Gasteiger partial charge on any atom is 0.238 e. The number of amides is 1. The van der Waals surface area contributed by atoms with Gasteiger partial charge < -0.3 is 24.8 Å². The molecule has 1 aliphatic heterocycles. The molecule has 1 unspecified atom stereocenters. The molecule has 1 aromatic rings. The van der Waals surface area contributed by atoms with E-state index in [0.717, 1.165) is 19.4 Å². The molecule has 2 rings (SSSR count). The monoisotopic (exact) mass is 358 g/mol. The van der Waals surface area contributed by atoms with Gasteiger partial charge in [-0.2, -0.15) is 0 Å². The van der Waals surface area contributed by atoms with Crippen molar-refractivity contribution in [2.75, 3.05) is 45.3 Å². The molecule has 0 bridgehead atoms. The van der Waals surface area contributed by atoms with Crippen LogP contribution < -0.4 is 15.4 Å². The number of carbonyl (C=O) groups excluding carboxylic acids is 1. The lowest BCUT2D eigenvalue weighted by atomic mass is 10.1. The molecular weight excluding hydrogens is 332 g/mol. The summed E-state index contributed by atoms with van der Waals surface area (Å²) in [6.07, 6.45) is 3.47. The van der Waals surface area contributed by atoms with Gasteiger partial charge in [-0.25, -0.2) is 0 Å². The highest BCUT2D eigenvalue weighted by Crippen LogP contribution is 2.24. The van der Waals surface area contributed by atoms with Crippen molar-refractivity contribution in [1.29, 1.82) is 0 Å². The summed E-state index contributed by atoms with van der Waals surface area (Å²) in [7, 11) is 1.63. The summed E-state index contributed by atoms with van der Waals surface area (Å²) in [5, 5.41) is 5.88. The van der Waals surface area contributed by atoms with Crippen LogP contribution in [-0.4, -0.2) is 52.0 Å². The summed E-state index contributed by atoms with van der Waals surface area (Å²) < 4.78 is 16.4. The number of nitrogens with one attached hydrogen (secondary N) is 2. The van der Waals surface area contributed by atoms with Crippen molar-refractivity contribution in [3.8, 4) is 5.75 Å². The topological polar surface area (TPSA) is 68.8 Å². The molecule has 1 aromatic carbocycles. The molecule has 1 saturated heterocycles. The average Bonchev–Trinajstić information content (AvgIpc) is 2.59. The lowest BCUT2D eigenvalue weighted by Crippen LogP contribution is -2.30. The summed E-state index contributed by atoms with van der Waals surface area (Å²) >= 11 is 0. The molecule has 2 N–H and O–H groups in total. The Labute approximate surface area is 149 Å². The molecule has 1 amide bonds. The third-order valence-corrected chi connectivity index (χ3v) is 3.63.